The first-order chi connectivity index (χ1) is 7.75. The first-order valence-electron chi connectivity index (χ1n) is 4.57. The number of carbonyl (C=O) groups excluding carboxylic acids is 1. The van der Waals surface area contributed by atoms with E-state index in [-0.39, 0.29) is 12.2 Å². The van der Waals surface area contributed by atoms with Crippen molar-refractivity contribution in [1.82, 2.24) is 4.98 Å². The fourth-order valence-electron chi connectivity index (χ4n) is 1.11. The van der Waals surface area contributed by atoms with Crippen LogP contribution in [0.5, 0.6) is 0 Å². The van der Waals surface area contributed by atoms with E-state index >= 15 is 0 Å². The van der Waals surface area contributed by atoms with Crippen LogP contribution in [-0.2, 0) is 11.3 Å². The highest BCUT2D eigenvalue weighted by molar-refractivity contribution is 7.09. The maximum absolute atomic E-state index is 12.5. The third-order valence-electron chi connectivity index (χ3n) is 1.89. The molecule has 0 spiro atoms. The third kappa shape index (κ3) is 2.64. The molecule has 5 heteroatoms. The van der Waals surface area contributed by atoms with Crippen LogP contribution >= 0.6 is 11.3 Å². The third-order valence-corrected chi connectivity index (χ3v) is 2.74. The molecule has 0 unspecified atom stereocenters. The van der Waals surface area contributed by atoms with Gasteiger partial charge in [0.25, 0.3) is 0 Å². The monoisotopic (exact) mass is 237 g/mol. The summed E-state index contributed by atoms with van der Waals surface area (Å²) in [7, 11) is 0. The smallest absolute Gasteiger partial charge is 0.340 e. The normalized spacial score (nSPS) is 10.1. The Balaban J connectivity index is 1.95. The van der Waals surface area contributed by atoms with Crippen LogP contribution < -0.4 is 0 Å². The minimum absolute atomic E-state index is 0.230. The number of nitrogens with zero attached hydrogens (tertiary/aromatic N) is 1. The lowest BCUT2D eigenvalue weighted by atomic mass is 10.3. The molecule has 0 fully saturated rings. The lowest BCUT2D eigenvalue weighted by Crippen LogP contribution is -2.05. The maximum Gasteiger partial charge on any atom is 0.340 e. The molecule has 0 saturated heterocycles. The number of rotatable bonds is 3. The van der Waals surface area contributed by atoms with Gasteiger partial charge in [-0.1, -0.05) is 6.07 Å². The Bertz CT molecular complexity index is 467. The summed E-state index contributed by atoms with van der Waals surface area (Å²) in [6, 6.07) is 6.23. The topological polar surface area (TPSA) is 39.2 Å². The first-order valence-corrected chi connectivity index (χ1v) is 5.45. The largest absolute Gasteiger partial charge is 0.456 e. The van der Waals surface area contributed by atoms with Gasteiger partial charge < -0.3 is 4.74 Å². The van der Waals surface area contributed by atoms with Gasteiger partial charge in [0.05, 0.1) is 5.56 Å². The van der Waals surface area contributed by atoms with Gasteiger partial charge in [0.15, 0.2) is 0 Å². The van der Waals surface area contributed by atoms with Crippen molar-refractivity contribution in [3.05, 3.63) is 52.2 Å². The predicted octanol–water partition coefficient (Wildman–Crippen LogP) is 2.64. The molecule has 2 heterocycles. The quantitative estimate of drug-likeness (QED) is 0.608. The number of ether oxygens (including phenoxy) is 1. The van der Waals surface area contributed by atoms with E-state index in [4.69, 9.17) is 4.74 Å². The second-order valence-corrected chi connectivity index (χ2v) is 4.06. The molecule has 0 aliphatic rings. The van der Waals surface area contributed by atoms with Gasteiger partial charge in [-0.2, -0.15) is 4.39 Å². The van der Waals surface area contributed by atoms with Gasteiger partial charge >= 0.3 is 5.97 Å². The van der Waals surface area contributed by atoms with Gasteiger partial charge in [0, 0.05) is 11.1 Å². The van der Waals surface area contributed by atoms with Crippen LogP contribution in [0, 0.1) is 5.95 Å². The fourth-order valence-corrected chi connectivity index (χ4v) is 1.73. The molecule has 0 radical (unpaired) electrons. The summed E-state index contributed by atoms with van der Waals surface area (Å²) in [5, 5.41) is 1.91. The summed E-state index contributed by atoms with van der Waals surface area (Å²) in [5.41, 5.74) is 0.248. The number of esters is 1. The Morgan fingerprint density at radius 3 is 2.94 bits per heavy atom. The summed E-state index contributed by atoms with van der Waals surface area (Å²) < 4.78 is 17.5. The van der Waals surface area contributed by atoms with Crippen LogP contribution in [0.2, 0.25) is 0 Å². The summed E-state index contributed by atoms with van der Waals surface area (Å²) in [5.74, 6) is -1.12. The highest BCUT2D eigenvalue weighted by atomic mass is 32.1. The molecule has 0 N–H and O–H groups in total. The molecule has 16 heavy (non-hydrogen) atoms. The van der Waals surface area contributed by atoms with E-state index in [2.05, 4.69) is 4.98 Å². The number of carbonyl (C=O) groups is 1. The Labute approximate surface area is 95.5 Å². The molecule has 0 amide bonds. The molecule has 2 aromatic heterocycles. The molecule has 0 aliphatic heterocycles. The van der Waals surface area contributed by atoms with Crippen molar-refractivity contribution < 1.29 is 13.9 Å². The van der Waals surface area contributed by atoms with E-state index in [0.717, 1.165) is 17.1 Å². The number of halogens is 1. The number of pyridine rings is 1. The summed E-state index contributed by atoms with van der Waals surface area (Å²) >= 11 is 1.51. The van der Waals surface area contributed by atoms with Gasteiger partial charge in [-0.25, -0.2) is 9.78 Å². The molecule has 82 valence electrons. The summed E-state index contributed by atoms with van der Waals surface area (Å²) in [6.07, 6.45) is 1.16. The Hall–Kier alpha value is -1.75. The SMILES string of the molecule is O=C(OCc1cccs1)c1ccc(F)nc1. The molecule has 3 nitrogen and oxygen atoms in total. The average Bonchev–Trinajstić information content (AvgIpc) is 2.80. The number of thiophene rings is 1. The fraction of sp³-hybridized carbons (Fsp3) is 0.0909. The second-order valence-electron chi connectivity index (χ2n) is 3.03. The zero-order valence-electron chi connectivity index (χ0n) is 8.22. The maximum atomic E-state index is 12.5. The van der Waals surface area contributed by atoms with E-state index in [1.54, 1.807) is 0 Å². The van der Waals surface area contributed by atoms with Crippen molar-refractivity contribution in [3.8, 4) is 0 Å². The van der Waals surface area contributed by atoms with Crippen LogP contribution in [0.4, 0.5) is 4.39 Å². The van der Waals surface area contributed by atoms with Crippen LogP contribution in [0.1, 0.15) is 15.2 Å². The minimum Gasteiger partial charge on any atom is -0.456 e. The Kier molecular flexibility index (Phi) is 3.26. The standard InChI is InChI=1S/C11H8FNO2S/c12-10-4-3-8(6-13-10)11(14)15-7-9-2-1-5-16-9/h1-6H,7H2. The Morgan fingerprint density at radius 1 is 1.44 bits per heavy atom. The van der Waals surface area contributed by atoms with Gasteiger partial charge in [-0.15, -0.1) is 11.3 Å². The van der Waals surface area contributed by atoms with Crippen LogP contribution in [0.25, 0.3) is 0 Å². The zero-order valence-corrected chi connectivity index (χ0v) is 9.04. The van der Waals surface area contributed by atoms with Crippen LogP contribution in [0.15, 0.2) is 35.8 Å². The molecular formula is C11H8FNO2S. The van der Waals surface area contributed by atoms with Gasteiger partial charge in [-0.05, 0) is 23.6 Å². The highest BCUT2D eigenvalue weighted by Gasteiger charge is 2.08. The van der Waals surface area contributed by atoms with E-state index in [0.29, 0.717) is 0 Å². The van der Waals surface area contributed by atoms with Crippen molar-refractivity contribution in [2.24, 2.45) is 0 Å². The van der Waals surface area contributed by atoms with Gasteiger partial charge in [-0.3, -0.25) is 0 Å². The minimum atomic E-state index is -0.616. The van der Waals surface area contributed by atoms with E-state index in [9.17, 15) is 9.18 Å². The number of aromatic nitrogens is 1. The number of hydrogen-bond acceptors (Lipinski definition) is 4. The van der Waals surface area contributed by atoms with E-state index < -0.39 is 11.9 Å². The summed E-state index contributed by atoms with van der Waals surface area (Å²) in [4.78, 5) is 15.8. The van der Waals surface area contributed by atoms with Crippen LogP contribution in [0.3, 0.4) is 0 Å². The second kappa shape index (κ2) is 4.85. The van der Waals surface area contributed by atoms with E-state index in [1.165, 1.54) is 17.4 Å². The van der Waals surface area contributed by atoms with Crippen molar-refractivity contribution >= 4 is 17.3 Å². The lowest BCUT2D eigenvalue weighted by molar-refractivity contribution is 0.0476. The molecule has 0 atom stereocenters. The van der Waals surface area contributed by atoms with E-state index in [1.807, 2.05) is 17.5 Å². The van der Waals surface area contributed by atoms with Crippen molar-refractivity contribution in [3.63, 3.8) is 0 Å². The highest BCUT2D eigenvalue weighted by Crippen LogP contribution is 2.11. The average molecular weight is 237 g/mol. The van der Waals surface area contributed by atoms with Gasteiger partial charge in [0.1, 0.15) is 6.61 Å². The van der Waals surface area contributed by atoms with Crippen molar-refractivity contribution in [1.29, 1.82) is 0 Å². The zero-order chi connectivity index (χ0) is 11.4. The molecule has 2 rings (SSSR count). The van der Waals surface area contributed by atoms with Crippen molar-refractivity contribution in [2.45, 2.75) is 6.61 Å². The van der Waals surface area contributed by atoms with Crippen LogP contribution in [-0.4, -0.2) is 11.0 Å². The molecule has 0 saturated carbocycles. The summed E-state index contributed by atoms with van der Waals surface area (Å²) in [6.45, 7) is 0.230. The first kappa shape index (κ1) is 10.8. The van der Waals surface area contributed by atoms with Gasteiger partial charge in [0.2, 0.25) is 5.95 Å². The molecule has 0 aromatic carbocycles. The molecule has 2 aromatic rings. The molecular weight excluding hydrogens is 229 g/mol. The molecule has 0 bridgehead atoms. The van der Waals surface area contributed by atoms with Crippen molar-refractivity contribution in [2.75, 3.05) is 0 Å². The molecule has 0 aliphatic carbocycles. The predicted molar refractivity (Wildman–Crippen MR) is 57.6 cm³/mol. The Morgan fingerprint density at radius 2 is 2.31 bits per heavy atom. The lowest BCUT2D eigenvalue weighted by Gasteiger charge is -2.02. The number of hydrogen-bond donors (Lipinski definition) is 0.